The van der Waals surface area contributed by atoms with E-state index in [-0.39, 0.29) is 11.7 Å². The van der Waals surface area contributed by atoms with Gasteiger partial charge in [-0.05, 0) is 48.1 Å². The van der Waals surface area contributed by atoms with E-state index in [1.165, 1.54) is 16.9 Å². The highest BCUT2D eigenvalue weighted by Gasteiger charge is 2.26. The number of hydrogen-bond acceptors (Lipinski definition) is 6. The number of fused-ring (bicyclic) bond motifs is 1. The molecule has 0 saturated carbocycles. The van der Waals surface area contributed by atoms with Crippen molar-refractivity contribution in [1.29, 1.82) is 5.26 Å². The van der Waals surface area contributed by atoms with Crippen LogP contribution in [0.1, 0.15) is 52.4 Å². The van der Waals surface area contributed by atoms with Crippen molar-refractivity contribution in [2.45, 2.75) is 33.1 Å². The first kappa shape index (κ1) is 26.9. The van der Waals surface area contributed by atoms with E-state index < -0.39 is 0 Å². The second kappa shape index (κ2) is 11.6. The fraction of sp³-hybridized carbons (Fsp3) is 0.182. The topological polar surface area (TPSA) is 104 Å². The molecule has 0 aliphatic carbocycles. The van der Waals surface area contributed by atoms with Crippen molar-refractivity contribution < 1.29 is 4.79 Å². The van der Waals surface area contributed by atoms with Crippen LogP contribution in [0.5, 0.6) is 0 Å². The number of thiophene rings is 1. The Hall–Kier alpha value is -4.67. The number of nitrogens with zero attached hydrogens (tertiary/aromatic N) is 2. The zero-order chi connectivity index (χ0) is 28.2. The van der Waals surface area contributed by atoms with Gasteiger partial charge in [-0.1, -0.05) is 86.1 Å². The van der Waals surface area contributed by atoms with Gasteiger partial charge in [-0.25, -0.2) is 4.98 Å². The number of anilines is 3. The summed E-state index contributed by atoms with van der Waals surface area (Å²) in [6, 6.07) is 28.4. The van der Waals surface area contributed by atoms with Crippen LogP contribution in [0.15, 0.2) is 78.9 Å². The summed E-state index contributed by atoms with van der Waals surface area (Å²) in [4.78, 5) is 18.3. The Morgan fingerprint density at radius 2 is 1.73 bits per heavy atom. The molecule has 7 heteroatoms. The number of carbonyl (C=O) groups excluding carboxylic acids is 1. The molecule has 0 atom stereocenters. The molecule has 40 heavy (non-hydrogen) atoms. The molecule has 2 aromatic heterocycles. The first-order valence-corrected chi connectivity index (χ1v) is 14.1. The maximum absolute atomic E-state index is 13.7. The van der Waals surface area contributed by atoms with Gasteiger partial charge in [0, 0.05) is 17.8 Å². The number of rotatable bonds is 8. The molecule has 2 heterocycles. The lowest BCUT2D eigenvalue weighted by molar-refractivity contribution is 0.0956. The van der Waals surface area contributed by atoms with Gasteiger partial charge in [0.05, 0.1) is 10.2 Å². The number of nitrogen functional groups attached to an aromatic ring is 1. The van der Waals surface area contributed by atoms with E-state index in [1.54, 1.807) is 0 Å². The zero-order valence-corrected chi connectivity index (χ0v) is 23.6. The van der Waals surface area contributed by atoms with Crippen LogP contribution in [0.3, 0.4) is 0 Å². The molecule has 3 aromatic carbocycles. The highest BCUT2D eigenvalue weighted by Crippen LogP contribution is 2.44. The van der Waals surface area contributed by atoms with Gasteiger partial charge in [0.25, 0.3) is 5.91 Å². The lowest BCUT2D eigenvalue weighted by Gasteiger charge is -2.11. The smallest absolute Gasteiger partial charge is 0.256 e. The Morgan fingerprint density at radius 1 is 1.02 bits per heavy atom. The molecule has 0 spiro atoms. The molecule has 0 bridgehead atoms. The molecule has 200 valence electrons. The molecule has 0 unspecified atom stereocenters. The number of aromatic nitrogens is 1. The fourth-order valence-corrected chi connectivity index (χ4v) is 5.89. The SMILES string of the molecule is Cc1ccc(-c2c(C#N)c(N)nc3c(C(=O)NCCc4ccccc4)c(Nc4ccc(C(C)C)cc4)sc23)cc1. The molecule has 6 nitrogen and oxygen atoms in total. The molecule has 5 aromatic rings. The van der Waals surface area contributed by atoms with Crippen molar-refractivity contribution in [3.8, 4) is 17.2 Å². The van der Waals surface area contributed by atoms with E-state index in [0.29, 0.717) is 46.1 Å². The summed E-state index contributed by atoms with van der Waals surface area (Å²) >= 11 is 1.41. The third-order valence-electron chi connectivity index (χ3n) is 6.90. The number of carbonyl (C=O) groups is 1. The zero-order valence-electron chi connectivity index (χ0n) is 22.8. The van der Waals surface area contributed by atoms with E-state index in [9.17, 15) is 10.1 Å². The summed E-state index contributed by atoms with van der Waals surface area (Å²) in [5.41, 5.74) is 13.4. The van der Waals surface area contributed by atoms with E-state index in [0.717, 1.165) is 27.1 Å². The summed E-state index contributed by atoms with van der Waals surface area (Å²) < 4.78 is 0.740. The second-order valence-corrected chi connectivity index (χ2v) is 11.1. The number of aryl methyl sites for hydroxylation is 1. The summed E-state index contributed by atoms with van der Waals surface area (Å²) in [6.45, 7) is 6.80. The van der Waals surface area contributed by atoms with Crippen molar-refractivity contribution in [1.82, 2.24) is 10.3 Å². The van der Waals surface area contributed by atoms with Gasteiger partial charge in [-0.2, -0.15) is 5.26 Å². The van der Waals surface area contributed by atoms with E-state index in [4.69, 9.17) is 5.73 Å². The fourth-order valence-electron chi connectivity index (χ4n) is 4.66. The van der Waals surface area contributed by atoms with Gasteiger partial charge in [0.2, 0.25) is 0 Å². The Bertz CT molecular complexity index is 1700. The number of hydrogen-bond donors (Lipinski definition) is 3. The largest absolute Gasteiger partial charge is 0.383 e. The van der Waals surface area contributed by atoms with Crippen molar-refractivity contribution in [2.24, 2.45) is 0 Å². The molecular formula is C33H31N5OS. The number of benzene rings is 3. The molecule has 4 N–H and O–H groups in total. The summed E-state index contributed by atoms with van der Waals surface area (Å²) in [7, 11) is 0. The number of nitrogens with two attached hydrogens (primary N) is 1. The number of nitriles is 1. The molecule has 0 aliphatic heterocycles. The summed E-state index contributed by atoms with van der Waals surface area (Å²) in [5, 5.41) is 17.2. The maximum atomic E-state index is 13.7. The van der Waals surface area contributed by atoms with Crippen LogP contribution in [-0.2, 0) is 6.42 Å². The van der Waals surface area contributed by atoms with Gasteiger partial charge in [0.1, 0.15) is 28.0 Å². The van der Waals surface area contributed by atoms with Crippen LogP contribution in [0.2, 0.25) is 0 Å². The lowest BCUT2D eigenvalue weighted by Crippen LogP contribution is -2.26. The monoisotopic (exact) mass is 545 g/mol. The highest BCUT2D eigenvalue weighted by atomic mass is 32.1. The number of amides is 1. The molecule has 0 radical (unpaired) electrons. The minimum absolute atomic E-state index is 0.106. The minimum Gasteiger partial charge on any atom is -0.383 e. The van der Waals surface area contributed by atoms with Gasteiger partial charge in [-0.3, -0.25) is 4.79 Å². The Morgan fingerprint density at radius 3 is 2.38 bits per heavy atom. The lowest BCUT2D eigenvalue weighted by atomic mass is 9.99. The van der Waals surface area contributed by atoms with Crippen LogP contribution in [0.25, 0.3) is 21.3 Å². The van der Waals surface area contributed by atoms with Crippen molar-refractivity contribution in [3.05, 3.63) is 107 Å². The number of pyridine rings is 1. The standard InChI is InChI=1S/C33H31N5OS/c1-20(2)23-13-15-25(16-14-23)37-33-28(32(39)36-18-17-22-7-5-4-6-8-22)29-30(40-33)27(26(19-34)31(35)38-29)24-11-9-21(3)10-12-24/h4-16,20,37H,17-18H2,1-3H3,(H2,35,38)(H,36,39). The number of nitrogens with one attached hydrogen (secondary N) is 2. The predicted molar refractivity (Wildman–Crippen MR) is 165 cm³/mol. The van der Waals surface area contributed by atoms with Gasteiger partial charge < -0.3 is 16.4 Å². The quantitative estimate of drug-likeness (QED) is 0.187. The van der Waals surface area contributed by atoms with E-state index in [2.05, 4.69) is 47.7 Å². The van der Waals surface area contributed by atoms with Crippen LogP contribution in [-0.4, -0.2) is 17.4 Å². The Labute approximate surface area is 238 Å². The minimum atomic E-state index is -0.241. The maximum Gasteiger partial charge on any atom is 0.256 e. The van der Waals surface area contributed by atoms with Gasteiger partial charge >= 0.3 is 0 Å². The van der Waals surface area contributed by atoms with Gasteiger partial charge in [-0.15, -0.1) is 11.3 Å². The average Bonchev–Trinajstić information content (AvgIpc) is 3.30. The molecule has 0 fully saturated rings. The average molecular weight is 546 g/mol. The van der Waals surface area contributed by atoms with E-state index in [1.807, 2.05) is 73.7 Å². The van der Waals surface area contributed by atoms with Crippen molar-refractivity contribution >= 4 is 44.0 Å². The predicted octanol–water partition coefficient (Wildman–Crippen LogP) is 7.57. The first-order valence-electron chi connectivity index (χ1n) is 13.3. The van der Waals surface area contributed by atoms with Crippen molar-refractivity contribution in [2.75, 3.05) is 17.6 Å². The third-order valence-corrected chi connectivity index (χ3v) is 8.02. The van der Waals surface area contributed by atoms with Crippen LogP contribution < -0.4 is 16.4 Å². The van der Waals surface area contributed by atoms with Crippen LogP contribution >= 0.6 is 11.3 Å². The summed E-state index contributed by atoms with van der Waals surface area (Å²) in [5.74, 6) is 0.280. The Kier molecular flexibility index (Phi) is 7.81. The molecular weight excluding hydrogens is 514 g/mol. The molecule has 5 rings (SSSR count). The first-order chi connectivity index (χ1) is 19.4. The van der Waals surface area contributed by atoms with Crippen molar-refractivity contribution in [3.63, 3.8) is 0 Å². The molecule has 0 aliphatic rings. The van der Waals surface area contributed by atoms with Crippen LogP contribution in [0.4, 0.5) is 16.5 Å². The molecule has 1 amide bonds. The summed E-state index contributed by atoms with van der Waals surface area (Å²) in [6.07, 6.45) is 0.705. The molecule has 0 saturated heterocycles. The normalized spacial score (nSPS) is 11.0. The van der Waals surface area contributed by atoms with E-state index >= 15 is 0 Å². The van der Waals surface area contributed by atoms with Crippen LogP contribution in [0, 0.1) is 18.3 Å². The van der Waals surface area contributed by atoms with Gasteiger partial charge in [0.15, 0.2) is 0 Å². The third kappa shape index (κ3) is 5.54. The highest BCUT2D eigenvalue weighted by molar-refractivity contribution is 7.24. The Balaban J connectivity index is 1.61. The second-order valence-electron chi connectivity index (χ2n) is 10.1.